The van der Waals surface area contributed by atoms with Gasteiger partial charge in [-0.1, -0.05) is 6.07 Å². The molecular weight excluding hydrogens is 318 g/mol. The average molecular weight is 331 g/mol. The molecular formula is C16H13NO7. The molecule has 0 radical (unpaired) electrons. The average Bonchev–Trinajstić information content (AvgIpc) is 2.60. The Balaban J connectivity index is 2.37. The molecule has 0 fully saturated rings. The van der Waals surface area contributed by atoms with Crippen LogP contribution >= 0.6 is 0 Å². The summed E-state index contributed by atoms with van der Waals surface area (Å²) in [5.74, 6) is -1.12. The number of ether oxygens (including phenoxy) is 3. The Labute approximate surface area is 136 Å². The van der Waals surface area contributed by atoms with Crippen molar-refractivity contribution in [2.24, 2.45) is 0 Å². The molecule has 0 heterocycles. The highest BCUT2D eigenvalue weighted by Gasteiger charge is 2.20. The molecule has 0 saturated heterocycles. The van der Waals surface area contributed by atoms with E-state index < -0.39 is 22.5 Å². The van der Waals surface area contributed by atoms with Gasteiger partial charge in [0, 0.05) is 6.07 Å². The normalized spacial score (nSPS) is 9.92. The topological polar surface area (TPSA) is 105 Å². The van der Waals surface area contributed by atoms with Crippen molar-refractivity contribution in [3.05, 3.63) is 63.7 Å². The van der Waals surface area contributed by atoms with Crippen LogP contribution in [-0.2, 0) is 9.47 Å². The highest BCUT2D eigenvalue weighted by molar-refractivity contribution is 5.91. The van der Waals surface area contributed by atoms with E-state index in [9.17, 15) is 19.7 Å². The predicted molar refractivity (Wildman–Crippen MR) is 82.3 cm³/mol. The van der Waals surface area contributed by atoms with Crippen molar-refractivity contribution in [2.45, 2.75) is 0 Å². The second kappa shape index (κ2) is 7.23. The van der Waals surface area contributed by atoms with Crippen molar-refractivity contribution in [3.8, 4) is 11.5 Å². The lowest BCUT2D eigenvalue weighted by Crippen LogP contribution is -2.03. The maximum absolute atomic E-state index is 11.5. The van der Waals surface area contributed by atoms with Gasteiger partial charge in [0.15, 0.2) is 0 Å². The van der Waals surface area contributed by atoms with Crippen LogP contribution in [0.2, 0.25) is 0 Å². The molecule has 0 aliphatic heterocycles. The van der Waals surface area contributed by atoms with E-state index in [1.165, 1.54) is 44.6 Å². The Morgan fingerprint density at radius 3 is 2.17 bits per heavy atom. The summed E-state index contributed by atoms with van der Waals surface area (Å²) < 4.78 is 14.6. The number of esters is 2. The van der Waals surface area contributed by atoms with E-state index in [0.717, 1.165) is 6.07 Å². The molecule has 2 aromatic rings. The molecule has 0 spiro atoms. The van der Waals surface area contributed by atoms with Crippen molar-refractivity contribution in [1.82, 2.24) is 0 Å². The minimum absolute atomic E-state index is 0.0276. The summed E-state index contributed by atoms with van der Waals surface area (Å²) in [5, 5.41) is 11.2. The number of rotatable bonds is 5. The van der Waals surface area contributed by atoms with Crippen molar-refractivity contribution in [1.29, 1.82) is 0 Å². The van der Waals surface area contributed by atoms with Gasteiger partial charge in [-0.05, 0) is 30.3 Å². The first-order valence-corrected chi connectivity index (χ1v) is 6.69. The fourth-order valence-corrected chi connectivity index (χ4v) is 1.92. The number of benzene rings is 2. The SMILES string of the molecule is COC(=O)c1cccc(Oc2ccc(C(=O)OC)cc2[N+](=O)[O-])c1. The van der Waals surface area contributed by atoms with Gasteiger partial charge in [0.25, 0.3) is 0 Å². The zero-order chi connectivity index (χ0) is 17.7. The van der Waals surface area contributed by atoms with Gasteiger partial charge in [-0.3, -0.25) is 10.1 Å². The maximum Gasteiger partial charge on any atom is 0.338 e. The Morgan fingerprint density at radius 2 is 1.58 bits per heavy atom. The summed E-state index contributed by atoms with van der Waals surface area (Å²) in [6, 6.07) is 9.69. The van der Waals surface area contributed by atoms with Crippen LogP contribution < -0.4 is 4.74 Å². The van der Waals surface area contributed by atoms with Crippen LogP contribution in [0.3, 0.4) is 0 Å². The Morgan fingerprint density at radius 1 is 0.958 bits per heavy atom. The quantitative estimate of drug-likeness (QED) is 0.471. The molecule has 8 nitrogen and oxygen atoms in total. The van der Waals surface area contributed by atoms with E-state index in [1.807, 2.05) is 0 Å². The third-order valence-electron chi connectivity index (χ3n) is 3.06. The molecule has 0 atom stereocenters. The third-order valence-corrected chi connectivity index (χ3v) is 3.06. The predicted octanol–water partition coefficient (Wildman–Crippen LogP) is 2.96. The van der Waals surface area contributed by atoms with Gasteiger partial charge >= 0.3 is 17.6 Å². The van der Waals surface area contributed by atoms with Gasteiger partial charge in [-0.15, -0.1) is 0 Å². The molecule has 2 rings (SSSR count). The van der Waals surface area contributed by atoms with Crippen LogP contribution in [0.15, 0.2) is 42.5 Å². The van der Waals surface area contributed by atoms with Crippen molar-refractivity contribution in [2.75, 3.05) is 14.2 Å². The van der Waals surface area contributed by atoms with E-state index in [-0.39, 0.29) is 22.6 Å². The lowest BCUT2D eigenvalue weighted by atomic mass is 10.2. The number of nitro groups is 1. The van der Waals surface area contributed by atoms with E-state index in [2.05, 4.69) is 9.47 Å². The number of nitrogens with zero attached hydrogens (tertiary/aromatic N) is 1. The first-order chi connectivity index (χ1) is 11.5. The van der Waals surface area contributed by atoms with Crippen LogP contribution in [0.5, 0.6) is 11.5 Å². The second-order valence-corrected chi connectivity index (χ2v) is 4.55. The van der Waals surface area contributed by atoms with E-state index >= 15 is 0 Å². The van der Waals surface area contributed by atoms with E-state index in [4.69, 9.17) is 4.74 Å². The summed E-state index contributed by atoms with van der Waals surface area (Å²) in [6.07, 6.45) is 0. The first kappa shape index (κ1) is 16.9. The van der Waals surface area contributed by atoms with Gasteiger partial charge in [-0.2, -0.15) is 0 Å². The molecule has 0 aromatic heterocycles. The van der Waals surface area contributed by atoms with Crippen LogP contribution in [0.1, 0.15) is 20.7 Å². The number of carbonyl (C=O) groups is 2. The van der Waals surface area contributed by atoms with E-state index in [0.29, 0.717) is 0 Å². The van der Waals surface area contributed by atoms with Crippen LogP contribution in [-0.4, -0.2) is 31.1 Å². The molecule has 0 N–H and O–H groups in total. The molecule has 124 valence electrons. The molecule has 8 heteroatoms. The zero-order valence-corrected chi connectivity index (χ0v) is 12.8. The fourth-order valence-electron chi connectivity index (χ4n) is 1.92. The van der Waals surface area contributed by atoms with Crippen molar-refractivity contribution >= 4 is 17.6 Å². The summed E-state index contributed by atoms with van der Waals surface area (Å²) in [7, 11) is 2.42. The van der Waals surface area contributed by atoms with E-state index in [1.54, 1.807) is 6.07 Å². The molecule has 0 bridgehead atoms. The summed E-state index contributed by atoms with van der Waals surface area (Å²) in [5.41, 5.74) is -0.134. The monoisotopic (exact) mass is 331 g/mol. The van der Waals surface area contributed by atoms with Gasteiger partial charge < -0.3 is 14.2 Å². The highest BCUT2D eigenvalue weighted by atomic mass is 16.6. The Bertz CT molecular complexity index is 801. The standard InChI is InChI=1S/C16H13NO7/c1-22-15(18)10-4-3-5-12(8-10)24-14-7-6-11(16(19)23-2)9-13(14)17(20)21/h3-9H,1-2H3. The molecule has 2 aromatic carbocycles. The molecule has 0 unspecified atom stereocenters. The molecule has 0 aliphatic carbocycles. The Kier molecular flexibility index (Phi) is 5.10. The Hall–Kier alpha value is -3.42. The van der Waals surface area contributed by atoms with Crippen molar-refractivity contribution in [3.63, 3.8) is 0 Å². The second-order valence-electron chi connectivity index (χ2n) is 4.55. The lowest BCUT2D eigenvalue weighted by molar-refractivity contribution is -0.385. The minimum atomic E-state index is -0.697. The molecule has 0 aliphatic rings. The van der Waals surface area contributed by atoms with Gasteiger partial charge in [0.05, 0.1) is 30.3 Å². The smallest absolute Gasteiger partial charge is 0.338 e. The number of methoxy groups -OCH3 is 2. The summed E-state index contributed by atoms with van der Waals surface area (Å²) in [6.45, 7) is 0. The van der Waals surface area contributed by atoms with Crippen LogP contribution in [0, 0.1) is 10.1 Å². The van der Waals surface area contributed by atoms with Crippen LogP contribution in [0.4, 0.5) is 5.69 Å². The number of hydrogen-bond donors (Lipinski definition) is 0. The number of carbonyl (C=O) groups excluding carboxylic acids is 2. The minimum Gasteiger partial charge on any atom is -0.465 e. The van der Waals surface area contributed by atoms with Gasteiger partial charge in [-0.25, -0.2) is 9.59 Å². The summed E-state index contributed by atoms with van der Waals surface area (Å²) >= 11 is 0. The van der Waals surface area contributed by atoms with Gasteiger partial charge in [0.1, 0.15) is 5.75 Å². The maximum atomic E-state index is 11.5. The molecule has 24 heavy (non-hydrogen) atoms. The largest absolute Gasteiger partial charge is 0.465 e. The molecule has 0 saturated carbocycles. The first-order valence-electron chi connectivity index (χ1n) is 6.69. The van der Waals surface area contributed by atoms with Gasteiger partial charge in [0.2, 0.25) is 5.75 Å². The fraction of sp³-hybridized carbons (Fsp3) is 0.125. The highest BCUT2D eigenvalue weighted by Crippen LogP contribution is 2.32. The summed E-state index contributed by atoms with van der Waals surface area (Å²) in [4.78, 5) is 33.5. The van der Waals surface area contributed by atoms with Crippen molar-refractivity contribution < 1.29 is 28.7 Å². The molecule has 0 amide bonds. The van der Waals surface area contributed by atoms with Crippen LogP contribution in [0.25, 0.3) is 0 Å². The third kappa shape index (κ3) is 3.67. The number of hydrogen-bond acceptors (Lipinski definition) is 7. The number of nitro benzene ring substituents is 1. The lowest BCUT2D eigenvalue weighted by Gasteiger charge is -2.08. The zero-order valence-electron chi connectivity index (χ0n) is 12.8.